The molecule has 0 radical (unpaired) electrons. The van der Waals surface area contributed by atoms with Crippen molar-refractivity contribution in [3.63, 3.8) is 0 Å². The fraction of sp³-hybridized carbons (Fsp3) is 0.476. The SMILES string of the molecule is CCC(=O)N1CCc2nc(Cc3cccc(F)c3)nc(N3CCOCC3)c2C1. The Morgan fingerprint density at radius 1 is 1.21 bits per heavy atom. The second-order valence-corrected chi connectivity index (χ2v) is 7.21. The van der Waals surface area contributed by atoms with Gasteiger partial charge in [0.05, 0.1) is 25.5 Å². The van der Waals surface area contributed by atoms with Crippen LogP contribution in [-0.2, 0) is 28.9 Å². The van der Waals surface area contributed by atoms with Gasteiger partial charge in [-0.3, -0.25) is 4.79 Å². The first-order valence-electron chi connectivity index (χ1n) is 9.87. The van der Waals surface area contributed by atoms with Gasteiger partial charge in [-0.25, -0.2) is 14.4 Å². The first kappa shape index (κ1) is 18.8. The largest absolute Gasteiger partial charge is 0.378 e. The molecule has 148 valence electrons. The average molecular weight is 384 g/mol. The van der Waals surface area contributed by atoms with E-state index in [1.54, 1.807) is 6.07 Å². The molecule has 1 aromatic carbocycles. The Balaban J connectivity index is 1.69. The summed E-state index contributed by atoms with van der Waals surface area (Å²) in [5.74, 6) is 1.49. The van der Waals surface area contributed by atoms with Crippen LogP contribution in [0.4, 0.5) is 10.2 Å². The minimum absolute atomic E-state index is 0.155. The highest BCUT2D eigenvalue weighted by Gasteiger charge is 2.27. The highest BCUT2D eigenvalue weighted by Crippen LogP contribution is 2.28. The van der Waals surface area contributed by atoms with Gasteiger partial charge < -0.3 is 14.5 Å². The number of ether oxygens (including phenoxy) is 1. The molecule has 7 heteroatoms. The van der Waals surface area contributed by atoms with Crippen molar-refractivity contribution in [2.24, 2.45) is 0 Å². The van der Waals surface area contributed by atoms with E-state index in [9.17, 15) is 9.18 Å². The van der Waals surface area contributed by atoms with Crippen molar-refractivity contribution < 1.29 is 13.9 Å². The van der Waals surface area contributed by atoms with Crippen LogP contribution in [0.25, 0.3) is 0 Å². The highest BCUT2D eigenvalue weighted by molar-refractivity contribution is 5.76. The zero-order valence-electron chi connectivity index (χ0n) is 16.2. The Morgan fingerprint density at radius 2 is 2.04 bits per heavy atom. The molecule has 4 rings (SSSR count). The summed E-state index contributed by atoms with van der Waals surface area (Å²) in [7, 11) is 0. The Labute approximate surface area is 164 Å². The van der Waals surface area contributed by atoms with E-state index in [1.165, 1.54) is 12.1 Å². The summed E-state index contributed by atoms with van der Waals surface area (Å²) < 4.78 is 19.1. The van der Waals surface area contributed by atoms with Gasteiger partial charge in [-0.2, -0.15) is 0 Å². The number of rotatable bonds is 4. The van der Waals surface area contributed by atoms with Crippen LogP contribution in [0.5, 0.6) is 0 Å². The van der Waals surface area contributed by atoms with Crippen molar-refractivity contribution in [3.05, 3.63) is 52.7 Å². The van der Waals surface area contributed by atoms with Crippen LogP contribution in [-0.4, -0.2) is 53.6 Å². The third-order valence-corrected chi connectivity index (χ3v) is 5.30. The van der Waals surface area contributed by atoms with Crippen LogP contribution in [0, 0.1) is 5.82 Å². The van der Waals surface area contributed by atoms with Gasteiger partial charge >= 0.3 is 0 Å². The van der Waals surface area contributed by atoms with Crippen LogP contribution >= 0.6 is 0 Å². The number of aromatic nitrogens is 2. The number of benzene rings is 1. The zero-order valence-corrected chi connectivity index (χ0v) is 16.2. The molecule has 2 aliphatic heterocycles. The Hall–Kier alpha value is -2.54. The summed E-state index contributed by atoms with van der Waals surface area (Å²) >= 11 is 0. The van der Waals surface area contributed by atoms with Crippen LogP contribution in [0.15, 0.2) is 24.3 Å². The van der Waals surface area contributed by atoms with E-state index in [4.69, 9.17) is 14.7 Å². The minimum Gasteiger partial charge on any atom is -0.378 e. The number of carbonyl (C=O) groups is 1. The molecule has 6 nitrogen and oxygen atoms in total. The summed E-state index contributed by atoms with van der Waals surface area (Å²) in [6, 6.07) is 6.57. The Morgan fingerprint density at radius 3 is 2.79 bits per heavy atom. The molecule has 2 aromatic rings. The number of amides is 1. The minimum atomic E-state index is -0.252. The lowest BCUT2D eigenvalue weighted by Gasteiger charge is -2.34. The molecule has 0 unspecified atom stereocenters. The second-order valence-electron chi connectivity index (χ2n) is 7.21. The molecule has 2 aliphatic rings. The summed E-state index contributed by atoms with van der Waals surface area (Å²) in [5, 5.41) is 0. The third kappa shape index (κ3) is 3.99. The van der Waals surface area contributed by atoms with E-state index in [0.29, 0.717) is 45.0 Å². The van der Waals surface area contributed by atoms with Gasteiger partial charge in [0.15, 0.2) is 0 Å². The summed E-state index contributed by atoms with van der Waals surface area (Å²) in [4.78, 5) is 26.0. The average Bonchev–Trinajstić information content (AvgIpc) is 2.73. The third-order valence-electron chi connectivity index (χ3n) is 5.30. The molecule has 1 aromatic heterocycles. The van der Waals surface area contributed by atoms with Crippen LogP contribution < -0.4 is 4.90 Å². The number of fused-ring (bicyclic) bond motifs is 1. The number of anilines is 1. The van der Waals surface area contributed by atoms with Crippen molar-refractivity contribution in [1.82, 2.24) is 14.9 Å². The summed E-state index contributed by atoms with van der Waals surface area (Å²) in [6.07, 6.45) is 1.71. The normalized spacial score (nSPS) is 16.8. The predicted octanol–water partition coefficient (Wildman–Crippen LogP) is 2.34. The molecule has 0 N–H and O–H groups in total. The molecule has 0 spiro atoms. The number of hydrogen-bond acceptors (Lipinski definition) is 5. The Bertz CT molecular complexity index is 867. The molecule has 3 heterocycles. The fourth-order valence-electron chi connectivity index (χ4n) is 3.83. The van der Waals surface area contributed by atoms with Crippen molar-refractivity contribution >= 4 is 11.7 Å². The van der Waals surface area contributed by atoms with Crippen LogP contribution in [0.2, 0.25) is 0 Å². The van der Waals surface area contributed by atoms with Crippen molar-refractivity contribution in [1.29, 1.82) is 0 Å². The zero-order chi connectivity index (χ0) is 19.5. The first-order chi connectivity index (χ1) is 13.6. The molecule has 28 heavy (non-hydrogen) atoms. The monoisotopic (exact) mass is 384 g/mol. The number of carbonyl (C=O) groups excluding carboxylic acids is 1. The Kier molecular flexibility index (Phi) is 5.52. The van der Waals surface area contributed by atoms with E-state index in [-0.39, 0.29) is 11.7 Å². The smallest absolute Gasteiger partial charge is 0.222 e. The first-order valence-corrected chi connectivity index (χ1v) is 9.87. The van der Waals surface area contributed by atoms with Crippen molar-refractivity contribution in [2.75, 3.05) is 37.7 Å². The van der Waals surface area contributed by atoms with Gasteiger partial charge in [0.25, 0.3) is 0 Å². The molecular weight excluding hydrogens is 359 g/mol. The van der Waals surface area contributed by atoms with E-state index in [1.807, 2.05) is 17.9 Å². The lowest BCUT2D eigenvalue weighted by atomic mass is 10.0. The summed E-state index contributed by atoms with van der Waals surface area (Å²) in [6.45, 7) is 5.98. The number of halogens is 1. The maximum Gasteiger partial charge on any atom is 0.222 e. The predicted molar refractivity (Wildman–Crippen MR) is 104 cm³/mol. The molecule has 1 fully saturated rings. The van der Waals surface area contributed by atoms with Gasteiger partial charge in [0.2, 0.25) is 5.91 Å². The maximum absolute atomic E-state index is 13.6. The van der Waals surface area contributed by atoms with Crippen molar-refractivity contribution in [3.8, 4) is 0 Å². The van der Waals surface area contributed by atoms with Gasteiger partial charge in [-0.05, 0) is 17.7 Å². The molecule has 1 saturated heterocycles. The lowest BCUT2D eigenvalue weighted by molar-refractivity contribution is -0.131. The molecule has 0 aliphatic carbocycles. The highest BCUT2D eigenvalue weighted by atomic mass is 19.1. The molecule has 0 saturated carbocycles. The molecule has 0 atom stereocenters. The van der Waals surface area contributed by atoms with E-state index >= 15 is 0 Å². The van der Waals surface area contributed by atoms with E-state index < -0.39 is 0 Å². The van der Waals surface area contributed by atoms with Crippen LogP contribution in [0.1, 0.15) is 36.0 Å². The fourth-order valence-corrected chi connectivity index (χ4v) is 3.83. The number of morpholine rings is 1. The summed E-state index contributed by atoms with van der Waals surface area (Å²) in [5.41, 5.74) is 2.90. The topological polar surface area (TPSA) is 58.6 Å². The number of nitrogens with zero attached hydrogens (tertiary/aromatic N) is 4. The molecular formula is C21H25FN4O2. The van der Waals surface area contributed by atoms with Gasteiger partial charge in [-0.1, -0.05) is 19.1 Å². The van der Waals surface area contributed by atoms with Gasteiger partial charge in [-0.15, -0.1) is 0 Å². The van der Waals surface area contributed by atoms with Crippen molar-refractivity contribution in [2.45, 2.75) is 32.7 Å². The quantitative estimate of drug-likeness (QED) is 0.810. The second kappa shape index (κ2) is 8.22. The van der Waals surface area contributed by atoms with E-state index in [0.717, 1.165) is 42.1 Å². The van der Waals surface area contributed by atoms with Gasteiger partial charge in [0, 0.05) is 44.5 Å². The van der Waals surface area contributed by atoms with Crippen LogP contribution in [0.3, 0.4) is 0 Å². The van der Waals surface area contributed by atoms with E-state index in [2.05, 4.69) is 4.90 Å². The molecule has 1 amide bonds. The number of hydrogen-bond donors (Lipinski definition) is 0. The van der Waals surface area contributed by atoms with Gasteiger partial charge in [0.1, 0.15) is 17.5 Å². The lowest BCUT2D eigenvalue weighted by Crippen LogP contribution is -2.41. The maximum atomic E-state index is 13.6. The molecule has 0 bridgehead atoms. The standard InChI is InChI=1S/C21H25FN4O2/c1-2-20(27)26-7-6-18-17(14-26)21(25-8-10-28-11-9-25)24-19(23-18)13-15-4-3-5-16(22)12-15/h3-5,12H,2,6-11,13-14H2,1H3.